The highest BCUT2D eigenvalue weighted by Gasteiger charge is 2.32. The number of rotatable bonds is 8. The van der Waals surface area contributed by atoms with E-state index in [4.69, 9.17) is 19.4 Å². The van der Waals surface area contributed by atoms with Crippen LogP contribution in [-0.2, 0) is 9.47 Å². The smallest absolute Gasteiger partial charge is 0.296 e. The Morgan fingerprint density at radius 1 is 0.925 bits per heavy atom. The summed E-state index contributed by atoms with van der Waals surface area (Å²) in [4.78, 5) is 18.1. The van der Waals surface area contributed by atoms with Crippen LogP contribution in [0.25, 0.3) is 16.9 Å². The van der Waals surface area contributed by atoms with E-state index in [1.54, 1.807) is 24.3 Å². The molecule has 0 bridgehead atoms. The van der Waals surface area contributed by atoms with Crippen LogP contribution in [0.5, 0.6) is 0 Å². The van der Waals surface area contributed by atoms with Crippen LogP contribution in [0.4, 0.5) is 24.9 Å². The number of hydrogen-bond acceptors (Lipinski definition) is 8. The van der Waals surface area contributed by atoms with Crippen molar-refractivity contribution < 1.29 is 22.6 Å². The minimum Gasteiger partial charge on any atom is -0.378 e. The van der Waals surface area contributed by atoms with E-state index in [9.17, 15) is 13.2 Å². The molecule has 9 nitrogen and oxygen atoms in total. The SMILES string of the molecule is FC[C@@H]1COCCN1C1CCC(CNc2nc(N3CCOCC3)cc(-n3c(C(F)F)nc4ccccc43)n2)CC1. The predicted octanol–water partition coefficient (Wildman–Crippen LogP) is 4.23. The quantitative estimate of drug-likeness (QED) is 0.439. The number of imidazole rings is 1. The van der Waals surface area contributed by atoms with Gasteiger partial charge in [0.05, 0.1) is 43.5 Å². The molecular formula is C28H36F3N7O2. The fourth-order valence-electron chi connectivity index (χ4n) is 6.20. The Bertz CT molecular complexity index is 1280. The second kappa shape index (κ2) is 12.3. The molecule has 2 saturated heterocycles. The molecule has 0 amide bonds. The Balaban J connectivity index is 1.22. The summed E-state index contributed by atoms with van der Waals surface area (Å²) >= 11 is 0. The molecule has 0 unspecified atom stereocenters. The Hall–Kier alpha value is -2.96. The van der Waals surface area contributed by atoms with Gasteiger partial charge in [0.2, 0.25) is 5.95 Å². The molecule has 1 aliphatic carbocycles. The highest BCUT2D eigenvalue weighted by Crippen LogP contribution is 2.31. The molecule has 1 saturated carbocycles. The van der Waals surface area contributed by atoms with Crippen molar-refractivity contribution in [1.82, 2.24) is 24.4 Å². The van der Waals surface area contributed by atoms with Crippen molar-refractivity contribution in [3.8, 4) is 5.82 Å². The lowest BCUT2D eigenvalue weighted by atomic mass is 9.84. The van der Waals surface area contributed by atoms with Gasteiger partial charge in [0.15, 0.2) is 5.82 Å². The van der Waals surface area contributed by atoms with Gasteiger partial charge in [-0.3, -0.25) is 9.47 Å². The number of para-hydroxylation sites is 2. The number of alkyl halides is 3. The first kappa shape index (κ1) is 27.2. The minimum atomic E-state index is -2.76. The van der Waals surface area contributed by atoms with Crippen LogP contribution in [-0.4, -0.2) is 95.8 Å². The standard InChI is InChI=1S/C28H36F3N7O2/c29-16-21-18-40-14-11-37(21)20-7-5-19(6-8-20)17-32-28-34-24(36-9-12-39-13-10-36)15-25(35-28)38-23-4-2-1-3-22(23)33-27(38)26(30)31/h1-4,15,19-21,26H,5-14,16-18H2,(H,32,34,35)/t19?,20?,21-/m1/s1. The molecule has 1 N–H and O–H groups in total. The maximum Gasteiger partial charge on any atom is 0.296 e. The first-order chi connectivity index (χ1) is 19.6. The summed E-state index contributed by atoms with van der Waals surface area (Å²) in [6.07, 6.45) is 1.31. The van der Waals surface area contributed by atoms with Crippen molar-refractivity contribution in [2.75, 3.05) is 69.5 Å². The van der Waals surface area contributed by atoms with E-state index < -0.39 is 6.43 Å². The summed E-state index contributed by atoms with van der Waals surface area (Å²) < 4.78 is 54.2. The minimum absolute atomic E-state index is 0.138. The number of fused-ring (bicyclic) bond motifs is 1. The molecule has 216 valence electrons. The zero-order chi connectivity index (χ0) is 27.5. The number of nitrogens with one attached hydrogen (secondary N) is 1. The van der Waals surface area contributed by atoms with Crippen molar-refractivity contribution in [3.05, 3.63) is 36.2 Å². The lowest BCUT2D eigenvalue weighted by molar-refractivity contribution is -0.0455. The molecule has 0 radical (unpaired) electrons. The second-order valence-electron chi connectivity index (χ2n) is 10.8. The predicted molar refractivity (Wildman–Crippen MR) is 146 cm³/mol. The maximum atomic E-state index is 14.1. The maximum absolute atomic E-state index is 14.1. The normalized spacial score (nSPS) is 24.6. The number of ether oxygens (including phenoxy) is 2. The van der Waals surface area contributed by atoms with E-state index in [2.05, 4.69) is 20.1 Å². The number of aromatic nitrogens is 4. The molecule has 0 spiro atoms. The number of benzene rings is 1. The number of nitrogens with zero attached hydrogens (tertiary/aromatic N) is 6. The van der Waals surface area contributed by atoms with Gasteiger partial charge >= 0.3 is 0 Å². The molecule has 1 aromatic carbocycles. The van der Waals surface area contributed by atoms with Crippen molar-refractivity contribution in [2.45, 2.75) is 44.2 Å². The molecule has 3 aromatic rings. The van der Waals surface area contributed by atoms with Gasteiger partial charge in [-0.1, -0.05) is 12.1 Å². The van der Waals surface area contributed by atoms with Crippen LogP contribution >= 0.6 is 0 Å². The first-order valence-corrected chi connectivity index (χ1v) is 14.2. The van der Waals surface area contributed by atoms with Crippen molar-refractivity contribution in [3.63, 3.8) is 0 Å². The second-order valence-corrected chi connectivity index (χ2v) is 10.8. The molecular weight excluding hydrogens is 523 g/mol. The van der Waals surface area contributed by atoms with Crippen LogP contribution in [0.2, 0.25) is 0 Å². The van der Waals surface area contributed by atoms with E-state index in [1.807, 2.05) is 6.07 Å². The number of morpholine rings is 2. The monoisotopic (exact) mass is 559 g/mol. The Labute approximate surface area is 231 Å². The lowest BCUT2D eigenvalue weighted by Crippen LogP contribution is -2.52. The van der Waals surface area contributed by atoms with Crippen molar-refractivity contribution in [1.29, 1.82) is 0 Å². The van der Waals surface area contributed by atoms with E-state index in [0.717, 1.165) is 32.2 Å². The van der Waals surface area contributed by atoms with Crippen LogP contribution < -0.4 is 10.2 Å². The summed E-state index contributed by atoms with van der Waals surface area (Å²) in [7, 11) is 0. The molecule has 2 aliphatic heterocycles. The van der Waals surface area contributed by atoms with Gasteiger partial charge in [-0.05, 0) is 43.7 Å². The van der Waals surface area contributed by atoms with Gasteiger partial charge in [0.25, 0.3) is 6.43 Å². The van der Waals surface area contributed by atoms with Crippen LogP contribution in [0.15, 0.2) is 30.3 Å². The van der Waals surface area contributed by atoms with E-state index >= 15 is 0 Å². The highest BCUT2D eigenvalue weighted by molar-refractivity contribution is 5.78. The molecule has 3 fully saturated rings. The fraction of sp³-hybridized carbons (Fsp3) is 0.607. The molecule has 40 heavy (non-hydrogen) atoms. The topological polar surface area (TPSA) is 80.6 Å². The molecule has 3 aliphatic rings. The third-order valence-corrected chi connectivity index (χ3v) is 8.33. The van der Waals surface area contributed by atoms with Gasteiger partial charge in [0, 0.05) is 38.3 Å². The van der Waals surface area contributed by atoms with Crippen molar-refractivity contribution in [2.24, 2.45) is 5.92 Å². The van der Waals surface area contributed by atoms with Gasteiger partial charge in [-0.2, -0.15) is 9.97 Å². The summed E-state index contributed by atoms with van der Waals surface area (Å²) in [6.45, 7) is 4.70. The van der Waals surface area contributed by atoms with Crippen LogP contribution in [0.1, 0.15) is 37.9 Å². The summed E-state index contributed by atoms with van der Waals surface area (Å²) in [5.41, 5.74) is 1.06. The summed E-state index contributed by atoms with van der Waals surface area (Å²) in [5, 5.41) is 3.41. The van der Waals surface area contributed by atoms with Gasteiger partial charge < -0.3 is 19.7 Å². The Morgan fingerprint density at radius 3 is 2.45 bits per heavy atom. The summed E-state index contributed by atoms with van der Waals surface area (Å²) in [5.74, 6) is 1.51. The third-order valence-electron chi connectivity index (χ3n) is 8.33. The van der Waals surface area contributed by atoms with E-state index in [1.165, 1.54) is 4.57 Å². The Morgan fingerprint density at radius 2 is 1.68 bits per heavy atom. The van der Waals surface area contributed by atoms with Crippen LogP contribution in [0, 0.1) is 5.92 Å². The first-order valence-electron chi connectivity index (χ1n) is 14.2. The highest BCUT2D eigenvalue weighted by atomic mass is 19.3. The van der Waals surface area contributed by atoms with Gasteiger partial charge in [-0.25, -0.2) is 18.2 Å². The van der Waals surface area contributed by atoms with Gasteiger partial charge in [-0.15, -0.1) is 0 Å². The fourth-order valence-corrected chi connectivity index (χ4v) is 6.20. The van der Waals surface area contributed by atoms with Crippen LogP contribution in [0.3, 0.4) is 0 Å². The van der Waals surface area contributed by atoms with Gasteiger partial charge in [0.1, 0.15) is 18.3 Å². The number of anilines is 2. The molecule has 2 aromatic heterocycles. The zero-order valence-electron chi connectivity index (χ0n) is 22.5. The molecule has 12 heteroatoms. The van der Waals surface area contributed by atoms with E-state index in [0.29, 0.717) is 86.6 Å². The lowest BCUT2D eigenvalue weighted by Gasteiger charge is -2.42. The average Bonchev–Trinajstić information content (AvgIpc) is 3.41. The number of halogens is 3. The third kappa shape index (κ3) is 5.75. The molecule has 1 atom stereocenters. The van der Waals surface area contributed by atoms with E-state index in [-0.39, 0.29) is 18.5 Å². The molecule has 4 heterocycles. The average molecular weight is 560 g/mol. The van der Waals surface area contributed by atoms with Crippen molar-refractivity contribution >= 4 is 22.8 Å². The molecule has 6 rings (SSSR count). The number of hydrogen-bond donors (Lipinski definition) is 1. The zero-order valence-corrected chi connectivity index (χ0v) is 22.5. The Kier molecular flexibility index (Phi) is 8.35. The summed E-state index contributed by atoms with van der Waals surface area (Å²) in [6, 6.07) is 9.10. The largest absolute Gasteiger partial charge is 0.378 e.